The summed E-state index contributed by atoms with van der Waals surface area (Å²) in [7, 11) is 0. The van der Waals surface area contributed by atoms with Crippen molar-refractivity contribution in [1.82, 2.24) is 10.3 Å². The van der Waals surface area contributed by atoms with Gasteiger partial charge in [-0.3, -0.25) is 4.79 Å². The number of para-hydroxylation sites is 2. The van der Waals surface area contributed by atoms with E-state index in [-0.39, 0.29) is 11.9 Å². The van der Waals surface area contributed by atoms with Gasteiger partial charge in [-0.25, -0.2) is 4.98 Å². The number of fused-ring (bicyclic) bond motifs is 2. The Morgan fingerprint density at radius 2 is 1.93 bits per heavy atom. The zero-order chi connectivity index (χ0) is 18.9. The number of nitrogens with one attached hydrogen (secondary N) is 1. The normalized spacial score (nSPS) is 15.6. The van der Waals surface area contributed by atoms with Gasteiger partial charge in [0.15, 0.2) is 0 Å². The second kappa shape index (κ2) is 7.09. The number of amides is 1. The zero-order valence-electron chi connectivity index (χ0n) is 15.1. The van der Waals surface area contributed by atoms with Gasteiger partial charge in [0, 0.05) is 17.4 Å². The molecule has 5 heteroatoms. The number of benzene rings is 2. The van der Waals surface area contributed by atoms with Gasteiger partial charge in [0.2, 0.25) is 0 Å². The van der Waals surface area contributed by atoms with E-state index in [9.17, 15) is 4.79 Å². The van der Waals surface area contributed by atoms with Crippen LogP contribution in [0.2, 0.25) is 0 Å². The number of carbonyl (C=O) groups is 1. The second-order valence-corrected chi connectivity index (χ2v) is 7.70. The maximum absolute atomic E-state index is 13.3. The largest absolute Gasteiger partial charge is 0.493 e. The van der Waals surface area contributed by atoms with Crippen LogP contribution < -0.4 is 10.1 Å². The first-order valence-corrected chi connectivity index (χ1v) is 10.1. The Morgan fingerprint density at radius 3 is 2.82 bits per heavy atom. The van der Waals surface area contributed by atoms with E-state index in [2.05, 4.69) is 5.32 Å². The molecule has 2 aromatic heterocycles. The number of ether oxygens (including phenoxy) is 1. The number of thiophene rings is 1. The van der Waals surface area contributed by atoms with Crippen molar-refractivity contribution >= 4 is 28.1 Å². The smallest absolute Gasteiger partial charge is 0.252 e. The molecule has 4 nitrogen and oxygen atoms in total. The average molecular weight is 386 g/mol. The minimum absolute atomic E-state index is 0.0606. The topological polar surface area (TPSA) is 51.2 Å². The van der Waals surface area contributed by atoms with E-state index in [1.54, 1.807) is 11.3 Å². The number of aromatic nitrogens is 1. The summed E-state index contributed by atoms with van der Waals surface area (Å²) < 4.78 is 5.72. The van der Waals surface area contributed by atoms with Crippen molar-refractivity contribution in [3.05, 3.63) is 83.2 Å². The van der Waals surface area contributed by atoms with Crippen molar-refractivity contribution in [3.8, 4) is 16.3 Å². The Bertz CT molecular complexity index is 1150. The van der Waals surface area contributed by atoms with Crippen LogP contribution in [0.15, 0.2) is 72.1 Å². The number of hydrogen-bond donors (Lipinski definition) is 1. The van der Waals surface area contributed by atoms with Crippen LogP contribution in [0, 0.1) is 0 Å². The lowest BCUT2D eigenvalue weighted by atomic mass is 9.99. The fraction of sp³-hybridized carbons (Fsp3) is 0.130. The molecule has 2 aromatic carbocycles. The van der Waals surface area contributed by atoms with Crippen LogP contribution >= 0.6 is 11.3 Å². The first-order chi connectivity index (χ1) is 13.8. The molecule has 0 radical (unpaired) electrons. The molecule has 0 aliphatic carbocycles. The zero-order valence-corrected chi connectivity index (χ0v) is 15.9. The quantitative estimate of drug-likeness (QED) is 0.525. The summed E-state index contributed by atoms with van der Waals surface area (Å²) in [5.74, 6) is 0.760. The minimum atomic E-state index is -0.0851. The highest BCUT2D eigenvalue weighted by molar-refractivity contribution is 7.13. The van der Waals surface area contributed by atoms with E-state index in [1.165, 1.54) is 0 Å². The van der Waals surface area contributed by atoms with E-state index in [4.69, 9.17) is 9.72 Å². The molecule has 4 aromatic rings. The molecule has 1 amide bonds. The van der Waals surface area contributed by atoms with Gasteiger partial charge in [-0.15, -0.1) is 11.3 Å². The SMILES string of the molecule is O=C(NC1CCOc2ccccc21)c1cc(-c2cccs2)nc2ccccc12. The van der Waals surface area contributed by atoms with Crippen LogP contribution in [0.1, 0.15) is 28.4 Å². The molecule has 1 N–H and O–H groups in total. The van der Waals surface area contributed by atoms with Crippen molar-refractivity contribution < 1.29 is 9.53 Å². The molecule has 1 aliphatic heterocycles. The van der Waals surface area contributed by atoms with Gasteiger partial charge in [0.05, 0.1) is 34.3 Å². The Kier molecular flexibility index (Phi) is 4.29. The molecule has 1 aliphatic rings. The second-order valence-electron chi connectivity index (χ2n) is 6.75. The number of hydrogen-bond acceptors (Lipinski definition) is 4. The third kappa shape index (κ3) is 3.04. The van der Waals surface area contributed by atoms with Gasteiger partial charge in [-0.05, 0) is 29.6 Å². The van der Waals surface area contributed by atoms with Gasteiger partial charge in [0.1, 0.15) is 5.75 Å². The molecule has 0 fully saturated rings. The summed E-state index contributed by atoms with van der Waals surface area (Å²) in [6.45, 7) is 0.597. The Hall–Kier alpha value is -3.18. The molecule has 1 atom stereocenters. The molecular formula is C23H18N2O2S. The fourth-order valence-corrected chi connectivity index (χ4v) is 4.33. The Morgan fingerprint density at radius 1 is 1.07 bits per heavy atom. The molecule has 1 unspecified atom stereocenters. The van der Waals surface area contributed by atoms with Crippen molar-refractivity contribution in [2.45, 2.75) is 12.5 Å². The monoisotopic (exact) mass is 386 g/mol. The third-order valence-electron chi connectivity index (χ3n) is 5.00. The number of rotatable bonds is 3. The van der Waals surface area contributed by atoms with Gasteiger partial charge < -0.3 is 10.1 Å². The molecule has 0 saturated heterocycles. The van der Waals surface area contributed by atoms with Gasteiger partial charge in [-0.1, -0.05) is 42.5 Å². The molecule has 28 heavy (non-hydrogen) atoms. The highest BCUT2D eigenvalue weighted by Gasteiger charge is 2.24. The maximum Gasteiger partial charge on any atom is 0.252 e. The van der Waals surface area contributed by atoms with Gasteiger partial charge in [0.25, 0.3) is 5.91 Å². The van der Waals surface area contributed by atoms with E-state index >= 15 is 0 Å². The molecule has 0 bridgehead atoms. The lowest BCUT2D eigenvalue weighted by Gasteiger charge is -2.26. The predicted octanol–water partition coefficient (Wildman–Crippen LogP) is 5.22. The Labute approximate surface area is 166 Å². The van der Waals surface area contributed by atoms with Crippen LogP contribution in [0.25, 0.3) is 21.5 Å². The lowest BCUT2D eigenvalue weighted by molar-refractivity contribution is 0.0926. The van der Waals surface area contributed by atoms with E-state index in [0.717, 1.165) is 39.2 Å². The molecule has 138 valence electrons. The first kappa shape index (κ1) is 17.0. The summed E-state index contributed by atoms with van der Waals surface area (Å²) >= 11 is 1.62. The van der Waals surface area contributed by atoms with Crippen LogP contribution in [0.4, 0.5) is 0 Å². The van der Waals surface area contributed by atoms with Crippen molar-refractivity contribution in [2.24, 2.45) is 0 Å². The molecule has 3 heterocycles. The molecule has 0 saturated carbocycles. The molecule has 0 spiro atoms. The van der Waals surface area contributed by atoms with Crippen LogP contribution in [-0.4, -0.2) is 17.5 Å². The van der Waals surface area contributed by atoms with E-state index in [0.29, 0.717) is 12.2 Å². The predicted molar refractivity (Wildman–Crippen MR) is 112 cm³/mol. The number of carbonyl (C=O) groups excluding carboxylic acids is 1. The molecular weight excluding hydrogens is 368 g/mol. The van der Waals surface area contributed by atoms with E-state index < -0.39 is 0 Å². The maximum atomic E-state index is 13.3. The fourth-order valence-electron chi connectivity index (χ4n) is 3.64. The van der Waals surface area contributed by atoms with Crippen LogP contribution in [0.3, 0.4) is 0 Å². The number of nitrogens with zero attached hydrogens (tertiary/aromatic N) is 1. The van der Waals surface area contributed by atoms with Crippen LogP contribution in [-0.2, 0) is 0 Å². The van der Waals surface area contributed by atoms with Crippen molar-refractivity contribution in [3.63, 3.8) is 0 Å². The highest BCUT2D eigenvalue weighted by atomic mass is 32.1. The van der Waals surface area contributed by atoms with Crippen molar-refractivity contribution in [2.75, 3.05) is 6.61 Å². The van der Waals surface area contributed by atoms with Gasteiger partial charge in [-0.2, -0.15) is 0 Å². The van der Waals surface area contributed by atoms with Crippen LogP contribution in [0.5, 0.6) is 5.75 Å². The number of pyridine rings is 1. The summed E-state index contributed by atoms with van der Waals surface area (Å²) in [5.41, 5.74) is 3.33. The van der Waals surface area contributed by atoms with E-state index in [1.807, 2.05) is 72.1 Å². The summed E-state index contributed by atoms with van der Waals surface area (Å²) in [6.07, 6.45) is 0.754. The highest BCUT2D eigenvalue weighted by Crippen LogP contribution is 2.33. The average Bonchev–Trinajstić information content (AvgIpc) is 3.28. The minimum Gasteiger partial charge on any atom is -0.493 e. The van der Waals surface area contributed by atoms with Crippen molar-refractivity contribution in [1.29, 1.82) is 0 Å². The third-order valence-corrected chi connectivity index (χ3v) is 5.89. The lowest BCUT2D eigenvalue weighted by Crippen LogP contribution is -2.32. The Balaban J connectivity index is 1.55. The first-order valence-electron chi connectivity index (χ1n) is 9.26. The summed E-state index contributed by atoms with van der Waals surface area (Å²) in [6, 6.07) is 21.5. The molecule has 5 rings (SSSR count). The summed E-state index contributed by atoms with van der Waals surface area (Å²) in [4.78, 5) is 19.1. The summed E-state index contributed by atoms with van der Waals surface area (Å²) in [5, 5.41) is 6.09. The standard InChI is InChI=1S/C23H18N2O2S/c26-23(25-19-11-12-27-21-9-4-2-7-16(19)21)17-14-20(22-10-5-13-28-22)24-18-8-3-1-6-15(17)18/h1-10,13-14,19H,11-12H2,(H,25,26). The van der Waals surface area contributed by atoms with Gasteiger partial charge >= 0.3 is 0 Å².